The number of nitrogens with zero attached hydrogens (tertiary/aromatic N) is 1. The Morgan fingerprint density at radius 2 is 1.92 bits per heavy atom. The molecular weight excluding hydrogens is 308 g/mol. The Balaban J connectivity index is 1.63. The van der Waals surface area contributed by atoms with Gasteiger partial charge in [0.1, 0.15) is 0 Å². The molecule has 0 radical (unpaired) electrons. The molecule has 3 atom stereocenters. The number of hydrogen-bond acceptors (Lipinski definition) is 3. The van der Waals surface area contributed by atoms with Crippen molar-refractivity contribution in [2.24, 2.45) is 11.8 Å². The fourth-order valence-corrected chi connectivity index (χ4v) is 3.30. The zero-order valence-corrected chi connectivity index (χ0v) is 13.7. The molecule has 0 bridgehead atoms. The molecule has 2 N–H and O–H groups in total. The van der Waals surface area contributed by atoms with Crippen molar-refractivity contribution >= 4 is 23.5 Å². The molecule has 3 unspecified atom stereocenters. The van der Waals surface area contributed by atoms with Crippen molar-refractivity contribution < 1.29 is 19.5 Å². The average molecular weight is 330 g/mol. The number of carbonyl (C=O) groups excluding carboxylic acids is 2. The molecule has 2 fully saturated rings. The minimum atomic E-state index is -0.882. The van der Waals surface area contributed by atoms with Gasteiger partial charge in [0.05, 0.1) is 6.42 Å². The van der Waals surface area contributed by atoms with Gasteiger partial charge in [0.15, 0.2) is 0 Å². The summed E-state index contributed by atoms with van der Waals surface area (Å²) >= 11 is 0. The van der Waals surface area contributed by atoms with Crippen molar-refractivity contribution in [2.75, 3.05) is 11.9 Å². The van der Waals surface area contributed by atoms with Gasteiger partial charge in [-0.15, -0.1) is 0 Å². The van der Waals surface area contributed by atoms with Crippen molar-refractivity contribution in [1.29, 1.82) is 0 Å². The van der Waals surface area contributed by atoms with E-state index in [9.17, 15) is 14.4 Å². The van der Waals surface area contributed by atoms with Gasteiger partial charge in [-0.2, -0.15) is 0 Å². The van der Waals surface area contributed by atoms with E-state index >= 15 is 0 Å². The number of amides is 2. The summed E-state index contributed by atoms with van der Waals surface area (Å²) in [4.78, 5) is 37.1. The molecule has 3 rings (SSSR count). The van der Waals surface area contributed by atoms with Crippen LogP contribution in [-0.2, 0) is 9.59 Å². The number of nitrogens with one attached hydrogen (secondary N) is 1. The van der Waals surface area contributed by atoms with Crippen LogP contribution < -0.4 is 5.32 Å². The van der Waals surface area contributed by atoms with Crippen LogP contribution in [-0.4, -0.2) is 40.4 Å². The van der Waals surface area contributed by atoms with E-state index < -0.39 is 5.97 Å². The Labute approximate surface area is 140 Å². The lowest BCUT2D eigenvalue weighted by molar-refractivity contribution is -0.138. The van der Waals surface area contributed by atoms with Gasteiger partial charge in [-0.25, -0.2) is 0 Å². The van der Waals surface area contributed by atoms with Crippen LogP contribution in [0.5, 0.6) is 0 Å². The summed E-state index contributed by atoms with van der Waals surface area (Å²) in [6.45, 7) is 2.64. The van der Waals surface area contributed by atoms with E-state index in [4.69, 9.17) is 5.11 Å². The second-order valence-corrected chi connectivity index (χ2v) is 6.78. The summed E-state index contributed by atoms with van der Waals surface area (Å²) in [6, 6.07) is 6.58. The van der Waals surface area contributed by atoms with Gasteiger partial charge in [-0.05, 0) is 49.4 Å². The number of carboxylic acids is 1. The maximum atomic E-state index is 12.6. The molecule has 1 aliphatic carbocycles. The molecule has 2 amide bonds. The van der Waals surface area contributed by atoms with Crippen molar-refractivity contribution in [2.45, 2.75) is 38.6 Å². The number of hydrogen-bond donors (Lipinski definition) is 2. The Morgan fingerprint density at radius 3 is 2.50 bits per heavy atom. The summed E-state index contributed by atoms with van der Waals surface area (Å²) in [7, 11) is 0. The highest BCUT2D eigenvalue weighted by Crippen LogP contribution is 2.38. The molecule has 0 aromatic heterocycles. The van der Waals surface area contributed by atoms with E-state index in [0.717, 1.165) is 19.3 Å². The van der Waals surface area contributed by atoms with Gasteiger partial charge in [0, 0.05) is 29.8 Å². The molecule has 128 valence electrons. The maximum Gasteiger partial charge on any atom is 0.305 e. The fraction of sp³-hybridized carbons (Fsp3) is 0.500. The quantitative estimate of drug-likeness (QED) is 0.868. The highest BCUT2D eigenvalue weighted by atomic mass is 16.4. The van der Waals surface area contributed by atoms with Crippen LogP contribution in [0.1, 0.15) is 43.0 Å². The number of carboxylic acid groups (broad SMARTS) is 1. The minimum Gasteiger partial charge on any atom is -0.481 e. The van der Waals surface area contributed by atoms with E-state index in [1.165, 1.54) is 0 Å². The molecule has 6 heteroatoms. The van der Waals surface area contributed by atoms with Crippen LogP contribution in [0, 0.1) is 11.8 Å². The first-order valence-electron chi connectivity index (χ1n) is 8.39. The molecule has 1 saturated heterocycles. The normalized spacial score (nSPS) is 25.4. The highest BCUT2D eigenvalue weighted by molar-refractivity contribution is 5.97. The van der Waals surface area contributed by atoms with Crippen LogP contribution in [0.2, 0.25) is 0 Å². The van der Waals surface area contributed by atoms with E-state index in [0.29, 0.717) is 23.7 Å². The van der Waals surface area contributed by atoms with E-state index in [1.54, 1.807) is 29.2 Å². The minimum absolute atomic E-state index is 0.0144. The molecule has 1 heterocycles. The first-order chi connectivity index (χ1) is 11.5. The summed E-state index contributed by atoms with van der Waals surface area (Å²) in [6.07, 6.45) is 2.48. The molecular formula is C18H22N2O4. The number of likely N-dealkylation sites (tertiary alicyclic amines) is 1. The summed E-state index contributed by atoms with van der Waals surface area (Å²) in [5, 5.41) is 11.8. The molecule has 24 heavy (non-hydrogen) atoms. The second-order valence-electron chi connectivity index (χ2n) is 6.78. The van der Waals surface area contributed by atoms with Crippen LogP contribution in [0.3, 0.4) is 0 Å². The lowest BCUT2D eigenvalue weighted by Crippen LogP contribution is -2.36. The Hall–Kier alpha value is -2.37. The van der Waals surface area contributed by atoms with Gasteiger partial charge in [0.25, 0.3) is 5.91 Å². The van der Waals surface area contributed by atoms with Crippen molar-refractivity contribution in [3.8, 4) is 0 Å². The predicted molar refractivity (Wildman–Crippen MR) is 88.7 cm³/mol. The van der Waals surface area contributed by atoms with E-state index in [-0.39, 0.29) is 30.2 Å². The molecule has 6 nitrogen and oxygen atoms in total. The monoisotopic (exact) mass is 330 g/mol. The Bertz CT molecular complexity index is 655. The first-order valence-corrected chi connectivity index (χ1v) is 8.39. The smallest absolute Gasteiger partial charge is 0.305 e. The zero-order valence-electron chi connectivity index (χ0n) is 13.7. The fourth-order valence-electron chi connectivity index (χ4n) is 3.30. The third kappa shape index (κ3) is 3.58. The Morgan fingerprint density at radius 1 is 1.25 bits per heavy atom. The largest absolute Gasteiger partial charge is 0.481 e. The van der Waals surface area contributed by atoms with Crippen LogP contribution >= 0.6 is 0 Å². The number of rotatable bonds is 5. The van der Waals surface area contributed by atoms with Crippen LogP contribution in [0.15, 0.2) is 24.3 Å². The number of carbonyl (C=O) groups is 3. The summed E-state index contributed by atoms with van der Waals surface area (Å²) in [5.74, 6) is -0.443. The van der Waals surface area contributed by atoms with E-state index in [2.05, 4.69) is 12.2 Å². The molecule has 1 saturated carbocycles. The zero-order chi connectivity index (χ0) is 17.3. The van der Waals surface area contributed by atoms with Gasteiger partial charge >= 0.3 is 5.97 Å². The van der Waals surface area contributed by atoms with Crippen LogP contribution in [0.25, 0.3) is 0 Å². The van der Waals surface area contributed by atoms with Crippen molar-refractivity contribution in [1.82, 2.24) is 4.90 Å². The average Bonchev–Trinajstić information content (AvgIpc) is 3.10. The molecule has 1 aromatic rings. The highest BCUT2D eigenvalue weighted by Gasteiger charge is 2.39. The molecule has 1 aliphatic heterocycles. The SMILES string of the molecule is CC1CC1C(=O)Nc1ccc(C(=O)N2CCCC2CC(=O)O)cc1. The van der Waals surface area contributed by atoms with Gasteiger partial charge in [0.2, 0.25) is 5.91 Å². The first kappa shape index (κ1) is 16.5. The molecule has 1 aromatic carbocycles. The molecule has 2 aliphatic rings. The van der Waals surface area contributed by atoms with Crippen LogP contribution in [0.4, 0.5) is 5.69 Å². The Kier molecular flexibility index (Phi) is 4.55. The maximum absolute atomic E-state index is 12.6. The summed E-state index contributed by atoms with van der Waals surface area (Å²) < 4.78 is 0. The summed E-state index contributed by atoms with van der Waals surface area (Å²) in [5.41, 5.74) is 1.20. The van der Waals surface area contributed by atoms with E-state index in [1.807, 2.05) is 0 Å². The predicted octanol–water partition coefficient (Wildman–Crippen LogP) is 2.36. The third-order valence-electron chi connectivity index (χ3n) is 4.89. The van der Waals surface area contributed by atoms with Gasteiger partial charge in [-0.3, -0.25) is 14.4 Å². The number of anilines is 1. The third-order valence-corrected chi connectivity index (χ3v) is 4.89. The standard InChI is InChI=1S/C18H22N2O4/c1-11-9-15(11)17(23)19-13-6-4-12(5-7-13)18(24)20-8-2-3-14(20)10-16(21)22/h4-7,11,14-15H,2-3,8-10H2,1H3,(H,19,23)(H,21,22). The van der Waals surface area contributed by atoms with Crippen molar-refractivity contribution in [3.05, 3.63) is 29.8 Å². The van der Waals surface area contributed by atoms with Gasteiger partial charge < -0.3 is 15.3 Å². The number of benzene rings is 1. The second kappa shape index (κ2) is 6.63. The molecule has 0 spiro atoms. The van der Waals surface area contributed by atoms with Gasteiger partial charge in [-0.1, -0.05) is 6.92 Å². The lowest BCUT2D eigenvalue weighted by atomic mass is 10.1. The number of aliphatic carboxylic acids is 1. The lowest BCUT2D eigenvalue weighted by Gasteiger charge is -2.23. The van der Waals surface area contributed by atoms with Crippen molar-refractivity contribution in [3.63, 3.8) is 0 Å². The topological polar surface area (TPSA) is 86.7 Å².